The molecule has 1 rings (SSSR count). The highest BCUT2D eigenvalue weighted by Crippen LogP contribution is 2.18. The first-order valence-corrected chi connectivity index (χ1v) is 4.07. The van der Waals surface area contributed by atoms with Crippen LogP contribution in [-0.2, 0) is 4.57 Å². The summed E-state index contributed by atoms with van der Waals surface area (Å²) in [5.74, 6) is 0.676. The number of anilines is 2. The van der Waals surface area contributed by atoms with Gasteiger partial charge in [0.1, 0.15) is 0 Å². The molecule has 0 saturated heterocycles. The molecule has 10 heteroatoms. The molecule has 1 aromatic heterocycles. The minimum atomic E-state index is -4.89. The van der Waals surface area contributed by atoms with Crippen LogP contribution in [0.4, 0.5) is 11.9 Å². The van der Waals surface area contributed by atoms with Crippen molar-refractivity contribution in [3.05, 3.63) is 0 Å². The molecule has 12 heavy (non-hydrogen) atoms. The number of nitrogens with two attached hydrogens (primary N) is 2. The summed E-state index contributed by atoms with van der Waals surface area (Å²) in [4.78, 5) is 25.5. The van der Waals surface area contributed by atoms with Gasteiger partial charge in [-0.05, 0) is 5.10 Å². The molecule has 0 radical (unpaired) electrons. The number of aromatic nitrogens is 3. The van der Waals surface area contributed by atoms with Gasteiger partial charge < -0.3 is 26.1 Å². The second-order valence-electron chi connectivity index (χ2n) is 1.64. The molecule has 0 aliphatic carbocycles. The van der Waals surface area contributed by atoms with Gasteiger partial charge in [-0.15, -0.1) is 0 Å². The summed E-state index contributed by atoms with van der Waals surface area (Å²) in [7, 11) is -4.89. The molecule has 0 unspecified atom stereocenters. The summed E-state index contributed by atoms with van der Waals surface area (Å²) in [5.41, 5.74) is 10.2. The Balaban J connectivity index is 0.000000217. The van der Waals surface area contributed by atoms with E-state index in [1.54, 1.807) is 0 Å². The van der Waals surface area contributed by atoms with E-state index in [1.807, 2.05) is 0 Å². The van der Waals surface area contributed by atoms with Crippen LogP contribution in [0, 0.1) is 0 Å². The molecule has 0 spiro atoms. The zero-order valence-corrected chi connectivity index (χ0v) is 6.65. The first kappa shape index (κ1) is 10.8. The summed E-state index contributed by atoms with van der Waals surface area (Å²) < 4.78 is 8.77. The third-order valence-corrected chi connectivity index (χ3v) is 0.560. The Morgan fingerprint density at radius 3 is 2.08 bits per heavy atom. The van der Waals surface area contributed by atoms with Crippen LogP contribution in [0.3, 0.4) is 0 Å². The van der Waals surface area contributed by atoms with Crippen LogP contribution in [0.1, 0.15) is 0 Å². The van der Waals surface area contributed by atoms with Crippen LogP contribution in [0.2, 0.25) is 0 Å². The monoisotopic (exact) mass is 197 g/mol. The Morgan fingerprint density at radius 1 is 1.58 bits per heavy atom. The lowest BCUT2D eigenvalue weighted by Gasteiger charge is -2.01. The highest BCUT2D eigenvalue weighted by Gasteiger charge is 1.94. The van der Waals surface area contributed by atoms with Crippen molar-refractivity contribution >= 4 is 19.7 Å². The van der Waals surface area contributed by atoms with E-state index in [4.69, 9.17) is 30.7 Å². The molecule has 70 valence electrons. The molecule has 1 heterocycles. The van der Waals surface area contributed by atoms with Crippen molar-refractivity contribution in [1.82, 2.24) is 10.2 Å². The number of rotatable bonds is 0. The van der Waals surface area contributed by atoms with Crippen molar-refractivity contribution in [2.45, 2.75) is 0 Å². The largest absolute Gasteiger partial charge is 0.756 e. The Kier molecular flexibility index (Phi) is 3.64. The van der Waals surface area contributed by atoms with Gasteiger partial charge in [-0.25, -0.2) is 4.98 Å². The number of nitrogens with zero attached hydrogens (tertiary/aromatic N) is 1. The summed E-state index contributed by atoms with van der Waals surface area (Å²) in [6.07, 6.45) is 0. The smallest absolute Gasteiger partial charge is 0.343 e. The minimum absolute atomic E-state index is 0.303. The third-order valence-electron chi connectivity index (χ3n) is 0.560. The van der Waals surface area contributed by atoms with Crippen LogP contribution in [0.15, 0.2) is 0 Å². The highest BCUT2D eigenvalue weighted by molar-refractivity contribution is 7.43. The average molecular weight is 197 g/mol. The fourth-order valence-corrected chi connectivity index (χ4v) is 0.314. The van der Waals surface area contributed by atoms with E-state index in [-0.39, 0.29) is 0 Å². The van der Waals surface area contributed by atoms with Crippen molar-refractivity contribution in [3.63, 3.8) is 0 Å². The Morgan fingerprint density at radius 2 is 2.00 bits per heavy atom. The molecule has 8 N–H and O–H groups in total. The molecular weight excluding hydrogens is 189 g/mol. The highest BCUT2D eigenvalue weighted by atomic mass is 31.2. The van der Waals surface area contributed by atoms with Crippen molar-refractivity contribution in [2.24, 2.45) is 0 Å². The first-order valence-electron chi connectivity index (χ1n) is 2.54. The number of nitrogen functional groups attached to an aromatic ring is 2. The second kappa shape index (κ2) is 4.02. The molecule has 1 aromatic rings. The predicted molar refractivity (Wildman–Crippen MR) is 36.0 cm³/mol. The van der Waals surface area contributed by atoms with Crippen molar-refractivity contribution in [1.29, 1.82) is 0 Å². The lowest BCUT2D eigenvalue weighted by atomic mass is 11.0. The Hall–Kier alpha value is -1.15. The number of nitrogens with one attached hydrogen (secondary N) is 2. The molecule has 0 atom stereocenters. The van der Waals surface area contributed by atoms with Crippen LogP contribution in [-0.4, -0.2) is 20.0 Å². The van der Waals surface area contributed by atoms with Crippen molar-refractivity contribution in [2.75, 3.05) is 11.5 Å². The van der Waals surface area contributed by atoms with Gasteiger partial charge in [0.2, 0.25) is 0 Å². The Bertz CT molecular complexity index is 254. The molecule has 9 nitrogen and oxygen atoms in total. The number of H-pyrrole nitrogens is 2. The maximum absolute atomic E-state index is 8.77. The van der Waals surface area contributed by atoms with Gasteiger partial charge in [-0.3, -0.25) is 4.57 Å². The SMILES string of the molecule is Nc1n[nH]c(N)[nH+]1.O=P([O-])(O)O. The van der Waals surface area contributed by atoms with Gasteiger partial charge >= 0.3 is 11.9 Å². The van der Waals surface area contributed by atoms with E-state index < -0.39 is 7.82 Å². The second-order valence-corrected chi connectivity index (χ2v) is 2.62. The summed E-state index contributed by atoms with van der Waals surface area (Å²) in [6.45, 7) is 0. The minimum Gasteiger partial charge on any atom is -0.756 e. The van der Waals surface area contributed by atoms with Crippen LogP contribution < -0.4 is 21.3 Å². The summed E-state index contributed by atoms with van der Waals surface area (Å²) in [5, 5.41) is 5.90. The average Bonchev–Trinajstić information content (AvgIpc) is 2.09. The third kappa shape index (κ3) is 8.85. The van der Waals surface area contributed by atoms with Gasteiger partial charge in [0, 0.05) is 0 Å². The van der Waals surface area contributed by atoms with Crippen LogP contribution >= 0.6 is 7.82 Å². The molecular formula is C2H8N5O4P. The zero-order valence-electron chi connectivity index (χ0n) is 5.76. The normalized spacial score (nSPS) is 10.2. The molecule has 0 aliphatic heterocycles. The van der Waals surface area contributed by atoms with E-state index >= 15 is 0 Å². The molecule has 0 bridgehead atoms. The van der Waals surface area contributed by atoms with E-state index in [9.17, 15) is 0 Å². The predicted octanol–water partition coefficient (Wildman–Crippen LogP) is -3.17. The van der Waals surface area contributed by atoms with Gasteiger partial charge in [-0.2, -0.15) is 5.10 Å². The topological polar surface area (TPSA) is 175 Å². The van der Waals surface area contributed by atoms with Crippen LogP contribution in [0.25, 0.3) is 0 Å². The molecule has 0 amide bonds. The number of phosphoric acid groups is 1. The zero-order chi connectivity index (χ0) is 9.78. The number of hydrogen-bond donors (Lipinski definition) is 5. The lowest BCUT2D eigenvalue weighted by Crippen LogP contribution is -2.09. The quantitative estimate of drug-likeness (QED) is 0.272. The molecule has 0 fully saturated rings. The van der Waals surface area contributed by atoms with E-state index in [2.05, 4.69) is 15.2 Å². The molecule has 0 saturated carbocycles. The summed E-state index contributed by atoms with van der Waals surface area (Å²) in [6, 6.07) is 0. The van der Waals surface area contributed by atoms with Gasteiger partial charge in [0.25, 0.3) is 7.82 Å². The van der Waals surface area contributed by atoms with Gasteiger partial charge in [0.15, 0.2) is 0 Å². The summed E-state index contributed by atoms with van der Waals surface area (Å²) >= 11 is 0. The number of aromatic amines is 2. The molecule has 0 aliphatic rings. The van der Waals surface area contributed by atoms with Crippen molar-refractivity contribution in [3.8, 4) is 0 Å². The maximum Gasteiger partial charge on any atom is 0.343 e. The standard InChI is InChI=1S/C2H5N5.H3O4P/c3-1-5-2(4)7-6-1;1-5(2,3)4/h(H5,3,4,5,6,7);(H3,1,2,3,4). The van der Waals surface area contributed by atoms with Crippen molar-refractivity contribution < 1.29 is 24.2 Å². The van der Waals surface area contributed by atoms with Gasteiger partial charge in [-0.1, -0.05) is 0 Å². The molecule has 0 aromatic carbocycles. The van der Waals surface area contributed by atoms with Gasteiger partial charge in [0.05, 0.1) is 0 Å². The van der Waals surface area contributed by atoms with E-state index in [1.165, 1.54) is 0 Å². The maximum atomic E-state index is 8.77. The first-order chi connectivity index (χ1) is 5.29. The lowest BCUT2D eigenvalue weighted by molar-refractivity contribution is -0.342. The number of hydrogen-bond acceptors (Lipinski definition) is 5. The fourth-order valence-electron chi connectivity index (χ4n) is 0.314. The Labute approximate surface area is 66.7 Å². The van der Waals surface area contributed by atoms with E-state index in [0.29, 0.717) is 11.9 Å². The fraction of sp³-hybridized carbons (Fsp3) is 0. The van der Waals surface area contributed by atoms with E-state index in [0.717, 1.165) is 0 Å². The van der Waals surface area contributed by atoms with Crippen LogP contribution in [0.5, 0.6) is 0 Å².